The summed E-state index contributed by atoms with van der Waals surface area (Å²) in [5.74, 6) is -0.498. The quantitative estimate of drug-likeness (QED) is 0.0717. The van der Waals surface area contributed by atoms with E-state index in [1.807, 2.05) is 170 Å². The molecule has 0 saturated carbocycles. The number of aromatic nitrogens is 2. The van der Waals surface area contributed by atoms with Crippen LogP contribution in [0.1, 0.15) is 33.4 Å². The first-order chi connectivity index (χ1) is 28.9. The van der Waals surface area contributed by atoms with Gasteiger partial charge in [-0.2, -0.15) is 0 Å². The van der Waals surface area contributed by atoms with E-state index in [0.29, 0.717) is 44.0 Å². The van der Waals surface area contributed by atoms with Crippen LogP contribution in [0.3, 0.4) is 0 Å². The highest BCUT2D eigenvalue weighted by atomic mass is 16.7. The Morgan fingerprint density at radius 3 is 0.932 bits per heavy atom. The highest BCUT2D eigenvalue weighted by Crippen LogP contribution is 2.40. The summed E-state index contributed by atoms with van der Waals surface area (Å²) < 4.78 is 2.68. The van der Waals surface area contributed by atoms with Gasteiger partial charge in [0, 0.05) is 12.1 Å². The van der Waals surface area contributed by atoms with Crippen LogP contribution < -0.4 is 9.68 Å². The van der Waals surface area contributed by atoms with Gasteiger partial charge in [0.25, 0.3) is 0 Å². The molecule has 6 aromatic carbocycles. The topological polar surface area (TPSA) is 116 Å². The zero-order valence-corrected chi connectivity index (χ0v) is 32.3. The van der Waals surface area contributed by atoms with Crippen molar-refractivity contribution < 1.29 is 30.1 Å². The molecule has 0 unspecified atom stereocenters. The van der Waals surface area contributed by atoms with Crippen LogP contribution in [0.5, 0.6) is 35.0 Å². The Labute approximate surface area is 342 Å². The Kier molecular flexibility index (Phi) is 11.6. The van der Waals surface area contributed by atoms with E-state index in [0.717, 1.165) is 33.4 Å². The van der Waals surface area contributed by atoms with Crippen molar-refractivity contribution >= 4 is 0 Å². The molecule has 4 N–H and O–H groups in total. The molecule has 0 amide bonds. The van der Waals surface area contributed by atoms with Gasteiger partial charge in [0.05, 0.1) is 37.6 Å². The van der Waals surface area contributed by atoms with Crippen molar-refractivity contribution in [2.45, 2.75) is 32.6 Å². The van der Waals surface area contributed by atoms with Crippen LogP contribution in [0.4, 0.5) is 0 Å². The summed E-state index contributed by atoms with van der Waals surface area (Å²) in [5, 5.41) is 47.9. The Morgan fingerprint density at radius 2 is 0.644 bits per heavy atom. The number of rotatable bonds is 16. The average molecular weight is 785 g/mol. The number of aromatic hydroxyl groups is 4. The van der Waals surface area contributed by atoms with Crippen LogP contribution in [0, 0.1) is 0 Å². The summed E-state index contributed by atoms with van der Waals surface area (Å²) in [6, 6.07) is 57.6. The van der Waals surface area contributed by atoms with Gasteiger partial charge >= 0.3 is 0 Å². The molecule has 0 spiro atoms. The van der Waals surface area contributed by atoms with E-state index in [2.05, 4.69) is 0 Å². The van der Waals surface area contributed by atoms with Gasteiger partial charge in [-0.1, -0.05) is 146 Å². The van der Waals surface area contributed by atoms with Crippen molar-refractivity contribution in [2.75, 3.05) is 0 Å². The van der Waals surface area contributed by atoms with E-state index >= 15 is 0 Å². The molecule has 0 aliphatic carbocycles. The zero-order valence-electron chi connectivity index (χ0n) is 32.3. The molecule has 59 heavy (non-hydrogen) atoms. The molecule has 8 rings (SSSR count). The first-order valence-corrected chi connectivity index (χ1v) is 19.3. The summed E-state index contributed by atoms with van der Waals surface area (Å²) in [6.45, 7) is 1.85. The summed E-state index contributed by atoms with van der Waals surface area (Å²) in [4.78, 5) is 12.4. The maximum absolute atomic E-state index is 11.3. The fourth-order valence-electron chi connectivity index (χ4n) is 7.00. The molecular weight excluding hydrogens is 741 g/mol. The second kappa shape index (κ2) is 17.8. The first-order valence-electron chi connectivity index (χ1n) is 19.3. The van der Waals surface area contributed by atoms with E-state index in [9.17, 15) is 20.4 Å². The van der Waals surface area contributed by atoms with Gasteiger partial charge in [0.15, 0.2) is 0 Å². The molecule has 0 bridgehead atoms. The molecular formula is C49H44N4O6. The Hall–Kier alpha value is -7.40. The third-order valence-corrected chi connectivity index (χ3v) is 9.90. The van der Waals surface area contributed by atoms with Crippen molar-refractivity contribution in [3.63, 3.8) is 0 Å². The van der Waals surface area contributed by atoms with Crippen molar-refractivity contribution in [3.8, 4) is 46.4 Å². The molecule has 2 heterocycles. The monoisotopic (exact) mass is 784 g/mol. The van der Waals surface area contributed by atoms with Gasteiger partial charge in [0.1, 0.15) is 0 Å². The van der Waals surface area contributed by atoms with Crippen LogP contribution in [-0.2, 0) is 32.6 Å². The fourth-order valence-corrected chi connectivity index (χ4v) is 7.00. The summed E-state index contributed by atoms with van der Waals surface area (Å²) in [7, 11) is 0. The molecule has 0 radical (unpaired) electrons. The molecule has 0 fully saturated rings. The Bertz CT molecular complexity index is 2300. The summed E-state index contributed by atoms with van der Waals surface area (Å²) in [5.41, 5.74) is 7.29. The molecule has 296 valence electrons. The highest BCUT2D eigenvalue weighted by Gasteiger charge is 2.22. The minimum atomic E-state index is -0.220. The van der Waals surface area contributed by atoms with Crippen molar-refractivity contribution in [2.24, 2.45) is 0 Å². The predicted octanol–water partition coefficient (Wildman–Crippen LogP) is 9.67. The molecule has 0 aliphatic rings. The molecule has 0 saturated heterocycles. The molecule has 0 atom stereocenters. The smallest absolute Gasteiger partial charge is 0.245 e. The Balaban J connectivity index is 0.941. The number of hydrogen-bond acceptors (Lipinski definition) is 8. The van der Waals surface area contributed by atoms with Crippen LogP contribution in [0.15, 0.2) is 182 Å². The van der Waals surface area contributed by atoms with E-state index in [-0.39, 0.29) is 35.0 Å². The lowest BCUT2D eigenvalue weighted by molar-refractivity contribution is -0.0775. The zero-order chi connectivity index (χ0) is 40.6. The van der Waals surface area contributed by atoms with Gasteiger partial charge in [-0.3, -0.25) is 0 Å². The average Bonchev–Trinajstić information content (AvgIpc) is 3.70. The standard InChI is InChI=1S/C49H44N4O6/c54-46-30-44(58-50(32-38-13-5-1-6-14-38)33-39-15-7-2-8-16-39)48(56)52(46)42-25-21-36(22-26-42)29-37-23-27-43(28-24-37)53-47(55)31-45(49(53)57)59-51(34-40-17-9-3-10-18-40)35-41-19-11-4-12-20-41/h1-28,30-31,54-57H,29,32-35H2. The normalized spacial score (nSPS) is 11.3. The lowest BCUT2D eigenvalue weighted by Gasteiger charge is -2.22. The van der Waals surface area contributed by atoms with Crippen LogP contribution in [0.2, 0.25) is 0 Å². The largest absolute Gasteiger partial charge is 0.494 e. The first kappa shape index (κ1) is 38.5. The lowest BCUT2D eigenvalue weighted by atomic mass is 10.0. The van der Waals surface area contributed by atoms with Crippen LogP contribution in [-0.4, -0.2) is 39.7 Å². The fraction of sp³-hybridized carbons (Fsp3) is 0.102. The molecule has 10 nitrogen and oxygen atoms in total. The minimum Gasteiger partial charge on any atom is -0.494 e. The van der Waals surface area contributed by atoms with E-state index < -0.39 is 0 Å². The third kappa shape index (κ3) is 9.43. The van der Waals surface area contributed by atoms with Crippen molar-refractivity contribution in [3.05, 3.63) is 215 Å². The van der Waals surface area contributed by atoms with E-state index in [1.165, 1.54) is 21.3 Å². The van der Waals surface area contributed by atoms with Gasteiger partial charge in [0.2, 0.25) is 35.0 Å². The van der Waals surface area contributed by atoms with Gasteiger partial charge < -0.3 is 30.1 Å². The van der Waals surface area contributed by atoms with Crippen molar-refractivity contribution in [1.29, 1.82) is 0 Å². The van der Waals surface area contributed by atoms with E-state index in [1.54, 1.807) is 10.1 Å². The maximum atomic E-state index is 11.3. The number of nitrogens with zero attached hydrogens (tertiary/aromatic N) is 4. The van der Waals surface area contributed by atoms with Crippen molar-refractivity contribution in [1.82, 2.24) is 19.3 Å². The van der Waals surface area contributed by atoms with Crippen LogP contribution >= 0.6 is 0 Å². The predicted molar refractivity (Wildman–Crippen MR) is 227 cm³/mol. The number of hydroxylamine groups is 4. The molecule has 8 aromatic rings. The number of benzene rings is 6. The second-order valence-electron chi connectivity index (χ2n) is 14.3. The van der Waals surface area contributed by atoms with Gasteiger partial charge in [-0.25, -0.2) is 9.13 Å². The highest BCUT2D eigenvalue weighted by molar-refractivity contribution is 5.52. The minimum absolute atomic E-state index is 0.133. The second-order valence-corrected chi connectivity index (χ2v) is 14.3. The summed E-state index contributed by atoms with van der Waals surface area (Å²) in [6.07, 6.45) is 0.596. The SMILES string of the molecule is Oc1cc(ON(Cc2ccccc2)Cc2ccccc2)c(O)n1-c1ccc(Cc2ccc(-n3c(O)cc(ON(Cc4ccccc4)Cc4ccccc4)c3O)cc2)cc1. The molecule has 2 aromatic heterocycles. The summed E-state index contributed by atoms with van der Waals surface area (Å²) >= 11 is 0. The molecule has 10 heteroatoms. The lowest BCUT2D eigenvalue weighted by Crippen LogP contribution is -2.26. The van der Waals surface area contributed by atoms with E-state index in [4.69, 9.17) is 9.68 Å². The van der Waals surface area contributed by atoms with Gasteiger partial charge in [-0.15, -0.1) is 10.1 Å². The maximum Gasteiger partial charge on any atom is 0.245 e. The van der Waals surface area contributed by atoms with Crippen LogP contribution in [0.25, 0.3) is 11.4 Å². The number of hydrogen-bond donors (Lipinski definition) is 4. The molecule has 0 aliphatic heterocycles. The third-order valence-electron chi connectivity index (χ3n) is 9.90. The van der Waals surface area contributed by atoms with Gasteiger partial charge in [-0.05, 0) is 64.1 Å². The Morgan fingerprint density at radius 1 is 0.356 bits per heavy atom.